The molecular weight excluding hydrogens is 864 g/mol. The van der Waals surface area contributed by atoms with Crippen molar-refractivity contribution in [1.29, 1.82) is 0 Å². The van der Waals surface area contributed by atoms with Gasteiger partial charge in [0.05, 0.1) is 11.0 Å². The molecular formula is C66H59BN2S. The highest BCUT2D eigenvalue weighted by atomic mass is 32.1. The zero-order chi connectivity index (χ0) is 47.9. The van der Waals surface area contributed by atoms with E-state index in [0.717, 1.165) is 0 Å². The minimum atomic E-state index is -0.249. The summed E-state index contributed by atoms with van der Waals surface area (Å²) in [5.41, 5.74) is 27.6. The molecule has 0 fully saturated rings. The zero-order valence-corrected chi connectivity index (χ0v) is 43.3. The molecule has 0 atom stereocenters. The molecule has 4 heteroatoms. The first kappa shape index (κ1) is 41.4. The van der Waals surface area contributed by atoms with Crippen molar-refractivity contribution in [1.82, 2.24) is 4.57 Å². The van der Waals surface area contributed by atoms with Gasteiger partial charge in [-0.05, 0) is 155 Å². The summed E-state index contributed by atoms with van der Waals surface area (Å²) in [5, 5.41) is 5.53. The van der Waals surface area contributed by atoms with Crippen molar-refractivity contribution < 1.29 is 0 Å². The van der Waals surface area contributed by atoms with Crippen molar-refractivity contribution in [3.63, 3.8) is 0 Å². The van der Waals surface area contributed by atoms with Crippen LogP contribution in [-0.2, 0) is 27.1 Å². The Morgan fingerprint density at radius 3 is 1.90 bits per heavy atom. The van der Waals surface area contributed by atoms with Crippen LogP contribution in [0.5, 0.6) is 0 Å². The number of aromatic nitrogens is 1. The monoisotopic (exact) mass is 922 g/mol. The van der Waals surface area contributed by atoms with E-state index in [-0.39, 0.29) is 33.9 Å². The first-order valence-corrected chi connectivity index (χ1v) is 26.7. The van der Waals surface area contributed by atoms with E-state index in [4.69, 9.17) is 0 Å². The average Bonchev–Trinajstić information content (AvgIpc) is 4.01. The lowest BCUT2D eigenvalue weighted by atomic mass is 9.43. The van der Waals surface area contributed by atoms with Crippen molar-refractivity contribution in [3.8, 4) is 39.1 Å². The van der Waals surface area contributed by atoms with Crippen LogP contribution in [0, 0.1) is 0 Å². The number of hydrogen-bond donors (Lipinski definition) is 0. The summed E-state index contributed by atoms with van der Waals surface area (Å²) in [6.07, 6.45) is 2.36. The second kappa shape index (κ2) is 12.9. The van der Waals surface area contributed by atoms with Gasteiger partial charge in [-0.1, -0.05) is 161 Å². The molecule has 0 amide bonds. The predicted octanol–water partition coefficient (Wildman–Crippen LogP) is 16.6. The molecule has 0 saturated carbocycles. The number of benzene rings is 8. The largest absolute Gasteiger partial charge is 0.376 e. The summed E-state index contributed by atoms with van der Waals surface area (Å²) < 4.78 is 5.48. The van der Waals surface area contributed by atoms with Gasteiger partial charge in [-0.2, -0.15) is 0 Å². The molecule has 0 radical (unpaired) electrons. The number of rotatable bonds is 1. The van der Waals surface area contributed by atoms with E-state index in [9.17, 15) is 0 Å². The van der Waals surface area contributed by atoms with E-state index < -0.39 is 0 Å². The third-order valence-electron chi connectivity index (χ3n) is 18.5. The van der Waals surface area contributed by atoms with Crippen LogP contribution in [0.1, 0.15) is 128 Å². The number of hydrogen-bond acceptors (Lipinski definition) is 2. The lowest BCUT2D eigenvalue weighted by Crippen LogP contribution is -2.61. The Bertz CT molecular complexity index is 4050. The van der Waals surface area contributed by atoms with Gasteiger partial charge in [0, 0.05) is 64.4 Å². The van der Waals surface area contributed by atoms with Gasteiger partial charge in [-0.25, -0.2) is 0 Å². The van der Waals surface area contributed by atoms with Crippen LogP contribution in [0.3, 0.4) is 0 Å². The Morgan fingerprint density at radius 2 is 1.17 bits per heavy atom. The zero-order valence-electron chi connectivity index (χ0n) is 42.5. The van der Waals surface area contributed by atoms with Crippen molar-refractivity contribution in [2.45, 2.75) is 116 Å². The highest BCUT2D eigenvalue weighted by Crippen LogP contribution is 2.61. The summed E-state index contributed by atoms with van der Waals surface area (Å²) in [5.74, 6) is 0. The number of thiophene rings is 1. The van der Waals surface area contributed by atoms with Gasteiger partial charge < -0.3 is 9.38 Å². The molecule has 3 aliphatic carbocycles. The van der Waals surface area contributed by atoms with Gasteiger partial charge in [-0.3, -0.25) is 0 Å². The Kier molecular flexibility index (Phi) is 7.66. The molecule has 15 rings (SSSR count). The summed E-state index contributed by atoms with van der Waals surface area (Å²) in [6, 6.07) is 53.3. The van der Waals surface area contributed by atoms with Gasteiger partial charge in [0.1, 0.15) is 0 Å². The summed E-state index contributed by atoms with van der Waals surface area (Å²) in [6.45, 7) is 26.8. The standard InChI is InChI=1S/C66H59BN2S/c1-62(2,3)36-24-26-37(27-25-36)69-52-35-55-42(39-19-14-17-23-54(39)70-55)30-43(52)57-56-40-20-13-16-22-46(40)66(10,11)59(56)58-44-31-48-49(64(6,7)29-28-63(48,4)5)34-51(44)68-53-33-47-41(32-50(53)67(69)60(57)61(58)68)38-18-12-15-21-45(38)65(47,8)9/h12-27,30-35H,28-29H2,1-11H3. The molecule has 2 nitrogen and oxygen atoms in total. The minimum Gasteiger partial charge on any atom is -0.376 e. The second-order valence-corrected chi connectivity index (χ2v) is 26.2. The molecule has 2 aliphatic heterocycles. The number of nitrogens with zero attached hydrogens (tertiary/aromatic N) is 2. The van der Waals surface area contributed by atoms with Crippen LogP contribution < -0.4 is 15.7 Å². The lowest BCUT2D eigenvalue weighted by molar-refractivity contribution is 0.332. The third kappa shape index (κ3) is 4.97. The van der Waals surface area contributed by atoms with E-state index >= 15 is 0 Å². The topological polar surface area (TPSA) is 8.17 Å². The summed E-state index contributed by atoms with van der Waals surface area (Å²) in [7, 11) is 0. The van der Waals surface area contributed by atoms with Crippen LogP contribution in [0.4, 0.5) is 11.4 Å². The molecule has 0 unspecified atom stereocenters. The Hall–Kier alpha value is -6.36. The fourth-order valence-corrected chi connectivity index (χ4v) is 15.8. The predicted molar refractivity (Wildman–Crippen MR) is 302 cm³/mol. The van der Waals surface area contributed by atoms with Gasteiger partial charge in [0.2, 0.25) is 0 Å². The van der Waals surface area contributed by atoms with Crippen molar-refractivity contribution >= 4 is 82.5 Å². The SMILES string of the molecule is CC(C)(C)c1ccc(N2B3c4cc5c(cc4-n4c6cc7c(cc6c6c8c(c(c3c64)-c3cc4c(cc32)sc2ccccc24)-c2ccccc2C8(C)C)C(C)(C)CCC7(C)C)C(C)(C)c2ccccc2-5)cc1. The van der Waals surface area contributed by atoms with E-state index in [1.54, 1.807) is 0 Å². The minimum absolute atomic E-state index is 0.0303. The molecule has 342 valence electrons. The maximum Gasteiger partial charge on any atom is 0.333 e. The first-order valence-electron chi connectivity index (χ1n) is 25.8. The highest BCUT2D eigenvalue weighted by Gasteiger charge is 2.51. The maximum atomic E-state index is 2.80. The molecule has 2 aromatic heterocycles. The first-order chi connectivity index (χ1) is 33.4. The van der Waals surface area contributed by atoms with Crippen LogP contribution >= 0.6 is 11.3 Å². The molecule has 5 aliphatic rings. The molecule has 0 N–H and O–H groups in total. The van der Waals surface area contributed by atoms with Crippen LogP contribution in [-0.4, -0.2) is 11.4 Å². The van der Waals surface area contributed by atoms with E-state index in [1.165, 1.54) is 155 Å². The fourth-order valence-electron chi connectivity index (χ4n) is 14.7. The van der Waals surface area contributed by atoms with Gasteiger partial charge in [-0.15, -0.1) is 11.3 Å². The fraction of sp³-hybridized carbons (Fsp3) is 0.273. The number of anilines is 2. The van der Waals surface area contributed by atoms with Crippen LogP contribution in [0.2, 0.25) is 0 Å². The second-order valence-electron chi connectivity index (χ2n) is 25.1. The van der Waals surface area contributed by atoms with Gasteiger partial charge >= 0.3 is 6.85 Å². The van der Waals surface area contributed by atoms with Crippen molar-refractivity contribution in [2.24, 2.45) is 0 Å². The Labute approximate surface area is 417 Å². The van der Waals surface area contributed by atoms with Gasteiger partial charge in [0.15, 0.2) is 0 Å². The van der Waals surface area contributed by atoms with Crippen LogP contribution in [0.15, 0.2) is 133 Å². The van der Waals surface area contributed by atoms with Gasteiger partial charge in [0.25, 0.3) is 0 Å². The smallest absolute Gasteiger partial charge is 0.333 e. The molecule has 0 saturated heterocycles. The number of fused-ring (bicyclic) bond motifs is 20. The van der Waals surface area contributed by atoms with Crippen molar-refractivity contribution in [2.75, 3.05) is 4.81 Å². The van der Waals surface area contributed by atoms with E-state index in [2.05, 4.69) is 219 Å². The summed E-state index contributed by atoms with van der Waals surface area (Å²) in [4.78, 5) is 2.78. The Balaban J connectivity index is 1.20. The molecule has 8 aromatic carbocycles. The molecule has 10 aromatic rings. The van der Waals surface area contributed by atoms with E-state index in [1.807, 2.05) is 11.3 Å². The van der Waals surface area contributed by atoms with Crippen LogP contribution in [0.25, 0.3) is 81.0 Å². The Morgan fingerprint density at radius 1 is 0.514 bits per heavy atom. The molecule has 0 bridgehead atoms. The molecule has 70 heavy (non-hydrogen) atoms. The van der Waals surface area contributed by atoms with E-state index in [0.29, 0.717) is 0 Å². The highest BCUT2D eigenvalue weighted by molar-refractivity contribution is 7.25. The normalized spacial score (nSPS) is 17.9. The van der Waals surface area contributed by atoms with Crippen molar-refractivity contribution in [3.05, 3.63) is 172 Å². The maximum absolute atomic E-state index is 2.80. The molecule has 0 spiro atoms. The lowest BCUT2D eigenvalue weighted by Gasteiger charge is -2.43. The average molecular weight is 923 g/mol. The summed E-state index contributed by atoms with van der Waals surface area (Å²) >= 11 is 1.93. The quantitative estimate of drug-likeness (QED) is 0.149. The third-order valence-corrected chi connectivity index (χ3v) is 19.7. The molecule has 4 heterocycles.